The Hall–Kier alpha value is -1.72. The molecule has 0 aliphatic rings. The monoisotopic (exact) mass is 325 g/mol. The summed E-state index contributed by atoms with van der Waals surface area (Å²) < 4.78 is 32.4. The number of hydrogen-bond donors (Lipinski definition) is 1. The third-order valence-corrected chi connectivity index (χ3v) is 4.54. The van der Waals surface area contributed by atoms with E-state index in [1.807, 2.05) is 0 Å². The van der Waals surface area contributed by atoms with Crippen LogP contribution in [0.15, 0.2) is 53.4 Å². The molecule has 0 spiro atoms. The molecule has 0 atom stereocenters. The Kier molecular flexibility index (Phi) is 5.09. The van der Waals surface area contributed by atoms with Crippen LogP contribution in [0.25, 0.3) is 0 Å². The summed E-state index contributed by atoms with van der Waals surface area (Å²) in [5, 5.41) is 0. The molecule has 112 valence electrons. The highest BCUT2D eigenvalue weighted by Crippen LogP contribution is 2.26. The third kappa shape index (κ3) is 3.89. The molecule has 0 fully saturated rings. The summed E-state index contributed by atoms with van der Waals surface area (Å²) in [6, 6.07) is 13.5. The molecule has 2 aromatic carbocycles. The maximum Gasteiger partial charge on any atom is 0.262 e. The van der Waals surface area contributed by atoms with Crippen molar-refractivity contribution in [3.05, 3.63) is 54.1 Å². The molecule has 0 unspecified atom stereocenters. The number of methoxy groups -OCH3 is 1. The largest absolute Gasteiger partial charge is 0.495 e. The van der Waals surface area contributed by atoms with Crippen molar-refractivity contribution in [3.8, 4) is 5.75 Å². The van der Waals surface area contributed by atoms with Crippen molar-refractivity contribution in [2.75, 3.05) is 17.7 Å². The Labute approximate surface area is 129 Å². The average Bonchev–Trinajstić information content (AvgIpc) is 2.48. The Bertz CT molecular complexity index is 699. The molecule has 21 heavy (non-hydrogen) atoms. The molecular weight excluding hydrogens is 310 g/mol. The van der Waals surface area contributed by atoms with E-state index in [-0.39, 0.29) is 4.90 Å². The van der Waals surface area contributed by atoms with Crippen LogP contribution in [0, 0.1) is 0 Å². The fourth-order valence-corrected chi connectivity index (χ4v) is 3.17. The average molecular weight is 326 g/mol. The van der Waals surface area contributed by atoms with Crippen LogP contribution in [-0.2, 0) is 16.4 Å². The van der Waals surface area contributed by atoms with Crippen LogP contribution in [-0.4, -0.2) is 21.4 Å². The predicted octanol–water partition coefficient (Wildman–Crippen LogP) is 3.28. The summed E-state index contributed by atoms with van der Waals surface area (Å²) in [5.74, 6) is 0.978. The smallest absolute Gasteiger partial charge is 0.262 e. The van der Waals surface area contributed by atoms with Crippen molar-refractivity contribution in [1.82, 2.24) is 0 Å². The molecule has 1 N–H and O–H groups in total. The van der Waals surface area contributed by atoms with Gasteiger partial charge in [0.2, 0.25) is 0 Å². The van der Waals surface area contributed by atoms with Crippen LogP contribution in [0.1, 0.15) is 5.56 Å². The van der Waals surface area contributed by atoms with E-state index in [1.54, 1.807) is 48.5 Å². The zero-order chi connectivity index (χ0) is 15.3. The van der Waals surface area contributed by atoms with E-state index in [0.717, 1.165) is 5.56 Å². The van der Waals surface area contributed by atoms with Gasteiger partial charge >= 0.3 is 0 Å². The van der Waals surface area contributed by atoms with E-state index in [1.165, 1.54) is 7.11 Å². The Morgan fingerprint density at radius 3 is 2.38 bits per heavy atom. The molecular formula is C15H16ClNO3S. The van der Waals surface area contributed by atoms with Gasteiger partial charge in [-0.15, -0.1) is 11.6 Å². The van der Waals surface area contributed by atoms with Gasteiger partial charge in [-0.1, -0.05) is 24.3 Å². The number of aryl methyl sites for hydroxylation is 1. The van der Waals surface area contributed by atoms with Crippen molar-refractivity contribution in [2.24, 2.45) is 0 Å². The minimum Gasteiger partial charge on any atom is -0.495 e. The minimum absolute atomic E-state index is 0.201. The highest BCUT2D eigenvalue weighted by atomic mass is 35.5. The van der Waals surface area contributed by atoms with Gasteiger partial charge < -0.3 is 4.74 Å². The van der Waals surface area contributed by atoms with Gasteiger partial charge in [0.1, 0.15) is 5.75 Å². The predicted molar refractivity (Wildman–Crippen MR) is 84.7 cm³/mol. The van der Waals surface area contributed by atoms with Crippen LogP contribution in [0.5, 0.6) is 5.75 Å². The molecule has 2 rings (SSSR count). The number of ether oxygens (including phenoxy) is 1. The summed E-state index contributed by atoms with van der Waals surface area (Å²) in [6.07, 6.45) is 0.710. The van der Waals surface area contributed by atoms with Gasteiger partial charge in [0.15, 0.2) is 0 Å². The van der Waals surface area contributed by atoms with Gasteiger partial charge in [-0.25, -0.2) is 8.42 Å². The maximum absolute atomic E-state index is 12.3. The molecule has 0 aliphatic heterocycles. The molecule has 4 nitrogen and oxygen atoms in total. The molecule has 0 saturated carbocycles. The topological polar surface area (TPSA) is 55.4 Å². The minimum atomic E-state index is -3.64. The van der Waals surface area contributed by atoms with Crippen LogP contribution in [0.3, 0.4) is 0 Å². The van der Waals surface area contributed by atoms with Crippen LogP contribution in [0.2, 0.25) is 0 Å². The lowest BCUT2D eigenvalue weighted by molar-refractivity contribution is 0.417. The second kappa shape index (κ2) is 6.83. The second-order valence-corrected chi connectivity index (χ2v) is 6.45. The normalized spacial score (nSPS) is 11.1. The van der Waals surface area contributed by atoms with E-state index in [0.29, 0.717) is 23.7 Å². The van der Waals surface area contributed by atoms with Crippen molar-refractivity contribution < 1.29 is 13.2 Å². The lowest BCUT2D eigenvalue weighted by atomic mass is 10.2. The van der Waals surface area contributed by atoms with E-state index in [2.05, 4.69) is 4.72 Å². The number of alkyl halides is 1. The summed E-state index contributed by atoms with van der Waals surface area (Å²) in [6.45, 7) is 0. The highest BCUT2D eigenvalue weighted by molar-refractivity contribution is 7.92. The lowest BCUT2D eigenvalue weighted by Gasteiger charge is -2.11. The fourth-order valence-electron chi connectivity index (χ4n) is 1.88. The molecule has 0 saturated heterocycles. The van der Waals surface area contributed by atoms with Gasteiger partial charge in [-0.2, -0.15) is 0 Å². The quantitative estimate of drug-likeness (QED) is 0.829. The molecule has 0 heterocycles. The van der Waals surface area contributed by atoms with Gasteiger partial charge in [-0.05, 0) is 36.2 Å². The van der Waals surface area contributed by atoms with E-state index < -0.39 is 10.0 Å². The Balaban J connectivity index is 2.25. The molecule has 0 radical (unpaired) electrons. The molecule has 0 aliphatic carbocycles. The zero-order valence-electron chi connectivity index (χ0n) is 11.5. The number of hydrogen-bond acceptors (Lipinski definition) is 3. The zero-order valence-corrected chi connectivity index (χ0v) is 13.1. The lowest BCUT2D eigenvalue weighted by Crippen LogP contribution is -2.13. The Morgan fingerprint density at radius 2 is 1.76 bits per heavy atom. The maximum atomic E-state index is 12.3. The van der Waals surface area contributed by atoms with E-state index in [4.69, 9.17) is 16.3 Å². The first-order chi connectivity index (χ1) is 10.1. The van der Waals surface area contributed by atoms with Gasteiger partial charge in [0.25, 0.3) is 10.0 Å². The Morgan fingerprint density at radius 1 is 1.10 bits per heavy atom. The summed E-state index contributed by atoms with van der Waals surface area (Å²) >= 11 is 5.66. The second-order valence-electron chi connectivity index (χ2n) is 4.39. The fraction of sp³-hybridized carbons (Fsp3) is 0.200. The number of para-hydroxylation sites is 2. The SMILES string of the molecule is COc1ccccc1NS(=O)(=O)c1ccc(CCCl)cc1. The van der Waals surface area contributed by atoms with Gasteiger partial charge in [0, 0.05) is 5.88 Å². The van der Waals surface area contributed by atoms with Crippen molar-refractivity contribution >= 4 is 27.3 Å². The molecule has 2 aromatic rings. The first-order valence-electron chi connectivity index (χ1n) is 6.37. The number of benzene rings is 2. The van der Waals surface area contributed by atoms with Gasteiger partial charge in [0.05, 0.1) is 17.7 Å². The highest BCUT2D eigenvalue weighted by Gasteiger charge is 2.16. The van der Waals surface area contributed by atoms with E-state index >= 15 is 0 Å². The molecule has 0 bridgehead atoms. The van der Waals surface area contributed by atoms with Gasteiger partial charge in [-0.3, -0.25) is 4.72 Å². The standard InChI is InChI=1S/C15H16ClNO3S/c1-20-15-5-3-2-4-14(15)17-21(18,19)13-8-6-12(7-9-13)10-11-16/h2-9,17H,10-11H2,1H3. The van der Waals surface area contributed by atoms with Crippen LogP contribution < -0.4 is 9.46 Å². The molecule has 0 aromatic heterocycles. The molecule has 0 amide bonds. The summed E-state index contributed by atoms with van der Waals surface area (Å²) in [4.78, 5) is 0.201. The number of halogens is 1. The number of rotatable bonds is 6. The van der Waals surface area contributed by atoms with Crippen LogP contribution in [0.4, 0.5) is 5.69 Å². The number of anilines is 1. The summed E-state index contributed by atoms with van der Waals surface area (Å²) in [5.41, 5.74) is 1.41. The number of nitrogens with one attached hydrogen (secondary N) is 1. The van der Waals surface area contributed by atoms with E-state index in [9.17, 15) is 8.42 Å². The summed E-state index contributed by atoms with van der Waals surface area (Å²) in [7, 11) is -2.15. The van der Waals surface area contributed by atoms with Crippen molar-refractivity contribution in [2.45, 2.75) is 11.3 Å². The van der Waals surface area contributed by atoms with Crippen LogP contribution >= 0.6 is 11.6 Å². The van der Waals surface area contributed by atoms with Crippen molar-refractivity contribution in [1.29, 1.82) is 0 Å². The molecule has 6 heteroatoms. The third-order valence-electron chi connectivity index (χ3n) is 2.97. The number of sulfonamides is 1. The van der Waals surface area contributed by atoms with Crippen molar-refractivity contribution in [3.63, 3.8) is 0 Å². The first-order valence-corrected chi connectivity index (χ1v) is 8.39. The first kappa shape index (κ1) is 15.7.